The second-order valence-corrected chi connectivity index (χ2v) is 7.83. The van der Waals surface area contributed by atoms with E-state index in [1.54, 1.807) is 12.3 Å². The number of rotatable bonds is 6. The Morgan fingerprint density at radius 2 is 2.16 bits per heavy atom. The van der Waals surface area contributed by atoms with E-state index in [-0.39, 0.29) is 5.92 Å². The van der Waals surface area contributed by atoms with Gasteiger partial charge in [0.25, 0.3) is 0 Å². The lowest BCUT2D eigenvalue weighted by molar-refractivity contribution is -0.134. The summed E-state index contributed by atoms with van der Waals surface area (Å²) in [6.45, 7) is 4.45. The molecule has 0 radical (unpaired) electrons. The Hall–Kier alpha value is -1.69. The third-order valence-electron chi connectivity index (χ3n) is 5.80. The van der Waals surface area contributed by atoms with Crippen LogP contribution in [0.5, 0.6) is 0 Å². The van der Waals surface area contributed by atoms with Gasteiger partial charge < -0.3 is 10.6 Å². The predicted octanol–water partition coefficient (Wildman–Crippen LogP) is 2.31. The topological polar surface area (TPSA) is 75.4 Å². The van der Waals surface area contributed by atoms with Crippen LogP contribution in [0.25, 0.3) is 0 Å². The van der Waals surface area contributed by atoms with Crippen molar-refractivity contribution in [2.24, 2.45) is 11.8 Å². The molecule has 1 aliphatic heterocycles. The van der Waals surface area contributed by atoms with E-state index >= 15 is 0 Å². The molecule has 6 heteroatoms. The van der Waals surface area contributed by atoms with Gasteiger partial charge in [-0.15, -0.1) is 0 Å². The number of likely N-dealkylation sites (tertiary alicyclic amines) is 1. The molecule has 0 aromatic carbocycles. The molecular formula is C19H31N5O. The van der Waals surface area contributed by atoms with Gasteiger partial charge in [-0.3, -0.25) is 9.69 Å². The van der Waals surface area contributed by atoms with Gasteiger partial charge >= 0.3 is 0 Å². The van der Waals surface area contributed by atoms with E-state index in [4.69, 9.17) is 5.73 Å². The van der Waals surface area contributed by atoms with E-state index < -0.39 is 0 Å². The number of aromatic nitrogens is 2. The first-order valence-electron chi connectivity index (χ1n) is 9.59. The molecule has 2 atom stereocenters. The van der Waals surface area contributed by atoms with Crippen molar-refractivity contribution in [1.29, 1.82) is 0 Å². The lowest BCUT2D eigenvalue weighted by Crippen LogP contribution is -2.38. The molecule has 1 aromatic rings. The summed E-state index contributed by atoms with van der Waals surface area (Å²) in [5.74, 6) is 2.50. The fourth-order valence-corrected chi connectivity index (χ4v) is 4.30. The van der Waals surface area contributed by atoms with E-state index in [0.717, 1.165) is 37.7 Å². The molecule has 2 aliphatic rings. The minimum absolute atomic E-state index is 0.157. The van der Waals surface area contributed by atoms with Crippen LogP contribution < -0.4 is 5.73 Å². The smallest absolute Gasteiger partial charge is 0.225 e. The van der Waals surface area contributed by atoms with Gasteiger partial charge in [-0.1, -0.05) is 32.6 Å². The molecule has 3 rings (SSSR count). The molecule has 25 heavy (non-hydrogen) atoms. The number of likely N-dealkylation sites (N-methyl/N-ethyl adjacent to an activating group) is 1. The lowest BCUT2D eigenvalue weighted by atomic mass is 9.93. The highest BCUT2D eigenvalue weighted by Crippen LogP contribution is 2.31. The Kier molecular flexibility index (Phi) is 5.89. The number of nitrogen functional groups attached to an aromatic ring is 1. The molecule has 1 saturated heterocycles. The van der Waals surface area contributed by atoms with Gasteiger partial charge in [0.15, 0.2) is 0 Å². The standard InChI is InChI=1S/C19H31N5O/c1-14(11-15-5-3-4-6-15)19(25)24-10-8-16(12-24)23(2)13-18-21-9-7-17(20)22-18/h7,9,14-16H,3-6,8,10-13H2,1-2H3,(H2,20,21,22)/t14-,16-/m0/s1. The lowest BCUT2D eigenvalue weighted by Gasteiger charge is -2.26. The normalized spacial score (nSPS) is 22.7. The molecule has 6 nitrogen and oxygen atoms in total. The van der Waals surface area contributed by atoms with E-state index in [2.05, 4.69) is 33.7 Å². The summed E-state index contributed by atoms with van der Waals surface area (Å²) in [7, 11) is 2.08. The Morgan fingerprint density at radius 1 is 1.40 bits per heavy atom. The van der Waals surface area contributed by atoms with Gasteiger partial charge in [-0.2, -0.15) is 0 Å². The molecule has 2 N–H and O–H groups in total. The minimum atomic E-state index is 0.157. The van der Waals surface area contributed by atoms with Crippen molar-refractivity contribution >= 4 is 11.7 Å². The molecule has 2 fully saturated rings. The number of hydrogen-bond donors (Lipinski definition) is 1. The number of nitrogens with two attached hydrogens (primary N) is 1. The third-order valence-corrected chi connectivity index (χ3v) is 5.80. The maximum absolute atomic E-state index is 12.8. The van der Waals surface area contributed by atoms with Crippen LogP contribution in [0.1, 0.15) is 51.3 Å². The minimum Gasteiger partial charge on any atom is -0.384 e. The van der Waals surface area contributed by atoms with Crippen molar-refractivity contribution in [2.75, 3.05) is 25.9 Å². The average molecular weight is 345 g/mol. The molecule has 0 spiro atoms. The maximum atomic E-state index is 12.8. The summed E-state index contributed by atoms with van der Waals surface area (Å²) >= 11 is 0. The zero-order valence-corrected chi connectivity index (χ0v) is 15.5. The summed E-state index contributed by atoms with van der Waals surface area (Å²) in [4.78, 5) is 25.6. The van der Waals surface area contributed by atoms with Crippen LogP contribution in [0.4, 0.5) is 5.82 Å². The Balaban J connectivity index is 1.49. The molecule has 2 heterocycles. The highest BCUT2D eigenvalue weighted by atomic mass is 16.2. The van der Waals surface area contributed by atoms with E-state index in [0.29, 0.717) is 24.3 Å². The van der Waals surface area contributed by atoms with Crippen LogP contribution in [0, 0.1) is 11.8 Å². The number of hydrogen-bond acceptors (Lipinski definition) is 5. The molecule has 0 unspecified atom stereocenters. The number of carbonyl (C=O) groups is 1. The highest BCUT2D eigenvalue weighted by Gasteiger charge is 2.32. The quantitative estimate of drug-likeness (QED) is 0.856. The second-order valence-electron chi connectivity index (χ2n) is 7.83. The van der Waals surface area contributed by atoms with Gasteiger partial charge in [-0.05, 0) is 31.9 Å². The third kappa shape index (κ3) is 4.69. The highest BCUT2D eigenvalue weighted by molar-refractivity contribution is 5.78. The zero-order chi connectivity index (χ0) is 17.8. The summed E-state index contributed by atoms with van der Waals surface area (Å²) in [5.41, 5.74) is 5.73. The second kappa shape index (κ2) is 8.13. The van der Waals surface area contributed by atoms with Crippen LogP contribution in [-0.2, 0) is 11.3 Å². The van der Waals surface area contributed by atoms with Gasteiger partial charge in [0, 0.05) is 31.2 Å². The zero-order valence-electron chi connectivity index (χ0n) is 15.5. The summed E-state index contributed by atoms with van der Waals surface area (Å²) < 4.78 is 0. The molecule has 138 valence electrons. The number of nitrogens with zero attached hydrogens (tertiary/aromatic N) is 4. The molecular weight excluding hydrogens is 314 g/mol. The monoisotopic (exact) mass is 345 g/mol. The van der Waals surface area contributed by atoms with E-state index in [9.17, 15) is 4.79 Å². The van der Waals surface area contributed by atoms with Crippen molar-refractivity contribution in [1.82, 2.24) is 19.8 Å². The van der Waals surface area contributed by atoms with Crippen molar-refractivity contribution in [3.63, 3.8) is 0 Å². The van der Waals surface area contributed by atoms with Gasteiger partial charge in [0.2, 0.25) is 5.91 Å². The fraction of sp³-hybridized carbons (Fsp3) is 0.737. The molecule has 1 saturated carbocycles. The van der Waals surface area contributed by atoms with Crippen molar-refractivity contribution in [3.8, 4) is 0 Å². The van der Waals surface area contributed by atoms with Crippen LogP contribution in [0.2, 0.25) is 0 Å². The largest absolute Gasteiger partial charge is 0.384 e. The summed E-state index contributed by atoms with van der Waals surface area (Å²) in [5, 5.41) is 0. The SMILES string of the molecule is C[C@@H](CC1CCCC1)C(=O)N1CC[C@H](N(C)Cc2nccc(N)n2)C1. The Labute approximate surface area is 150 Å². The van der Waals surface area contributed by atoms with Crippen molar-refractivity contribution < 1.29 is 4.79 Å². The van der Waals surface area contributed by atoms with E-state index in [1.807, 2.05) is 0 Å². The van der Waals surface area contributed by atoms with Crippen molar-refractivity contribution in [2.45, 2.75) is 58.0 Å². The van der Waals surface area contributed by atoms with Crippen LogP contribution in [-0.4, -0.2) is 51.9 Å². The van der Waals surface area contributed by atoms with Crippen LogP contribution in [0.3, 0.4) is 0 Å². The first-order chi connectivity index (χ1) is 12.0. The first kappa shape index (κ1) is 18.1. The predicted molar refractivity (Wildman–Crippen MR) is 98.6 cm³/mol. The van der Waals surface area contributed by atoms with Gasteiger partial charge in [0.1, 0.15) is 11.6 Å². The summed E-state index contributed by atoms with van der Waals surface area (Å²) in [6.07, 6.45) is 9.07. The van der Waals surface area contributed by atoms with Crippen molar-refractivity contribution in [3.05, 3.63) is 18.1 Å². The molecule has 1 amide bonds. The number of amides is 1. The molecule has 1 aliphatic carbocycles. The number of anilines is 1. The Bertz CT molecular complexity index is 587. The van der Waals surface area contributed by atoms with E-state index in [1.165, 1.54) is 25.7 Å². The number of carbonyl (C=O) groups excluding carboxylic acids is 1. The Morgan fingerprint density at radius 3 is 2.88 bits per heavy atom. The van der Waals surface area contributed by atoms with Crippen LogP contribution in [0.15, 0.2) is 12.3 Å². The average Bonchev–Trinajstić information content (AvgIpc) is 3.25. The summed E-state index contributed by atoms with van der Waals surface area (Å²) in [6, 6.07) is 2.07. The fourth-order valence-electron chi connectivity index (χ4n) is 4.30. The van der Waals surface area contributed by atoms with Crippen LogP contribution >= 0.6 is 0 Å². The van der Waals surface area contributed by atoms with Gasteiger partial charge in [-0.25, -0.2) is 9.97 Å². The molecule has 1 aromatic heterocycles. The molecule has 0 bridgehead atoms. The maximum Gasteiger partial charge on any atom is 0.225 e. The van der Waals surface area contributed by atoms with Gasteiger partial charge in [0.05, 0.1) is 6.54 Å². The first-order valence-corrected chi connectivity index (χ1v) is 9.59.